The Kier molecular flexibility index (Phi) is 7.68. The summed E-state index contributed by atoms with van der Waals surface area (Å²) in [4.78, 5) is 5.08. The summed E-state index contributed by atoms with van der Waals surface area (Å²) in [5.74, 6) is 8.10. The molecule has 0 aliphatic carbocycles. The largest absolute Gasteiger partial charge is 0.336 e. The Morgan fingerprint density at radius 2 is 1.11 bits per heavy atom. The molecule has 1 aromatic rings. The fraction of sp³-hybridized carbons (Fsp3) is 0.900. The molecule has 160 valence electrons. The number of hydrogen-bond donors (Lipinski definition) is 3. The highest BCUT2D eigenvalue weighted by Crippen LogP contribution is 2.09. The number of nitrogens with zero attached hydrogens (tertiary/aromatic N) is 5. The zero-order valence-corrected chi connectivity index (χ0v) is 18.2. The van der Waals surface area contributed by atoms with Gasteiger partial charge in [-0.05, 0) is 53.6 Å². The van der Waals surface area contributed by atoms with Crippen molar-refractivity contribution in [3.05, 3.63) is 11.6 Å². The van der Waals surface area contributed by atoms with Gasteiger partial charge in [-0.2, -0.15) is 0 Å². The molecule has 0 amide bonds. The molecular formula is C20H40N8. The lowest BCUT2D eigenvalue weighted by Crippen LogP contribution is -2.54. The zero-order chi connectivity index (χ0) is 20.1. The number of nitrogens with one attached hydrogen (secondary N) is 2. The van der Waals surface area contributed by atoms with Gasteiger partial charge in [-0.3, -0.25) is 0 Å². The van der Waals surface area contributed by atoms with Crippen LogP contribution in [0.15, 0.2) is 0 Å². The maximum absolute atomic E-state index is 6.27. The van der Waals surface area contributed by atoms with Crippen molar-refractivity contribution in [1.82, 2.24) is 35.3 Å². The van der Waals surface area contributed by atoms with E-state index in [0.717, 1.165) is 76.6 Å². The van der Waals surface area contributed by atoms with E-state index in [1.807, 2.05) is 0 Å². The lowest BCUT2D eigenvalue weighted by atomic mass is 10.1. The van der Waals surface area contributed by atoms with E-state index in [2.05, 4.69) is 58.3 Å². The van der Waals surface area contributed by atoms with E-state index in [1.165, 1.54) is 0 Å². The van der Waals surface area contributed by atoms with E-state index in [-0.39, 0.29) is 0 Å². The van der Waals surface area contributed by atoms with Gasteiger partial charge in [0.05, 0.1) is 0 Å². The minimum atomic E-state index is 0.565. The van der Waals surface area contributed by atoms with Gasteiger partial charge in [-0.25, -0.2) is 4.68 Å². The van der Waals surface area contributed by atoms with Gasteiger partial charge in [0.2, 0.25) is 0 Å². The highest BCUT2D eigenvalue weighted by Gasteiger charge is 2.22. The third kappa shape index (κ3) is 6.14. The molecule has 8 heteroatoms. The van der Waals surface area contributed by atoms with Gasteiger partial charge in [0, 0.05) is 63.2 Å². The van der Waals surface area contributed by atoms with Gasteiger partial charge in [0.15, 0.2) is 11.6 Å². The summed E-state index contributed by atoms with van der Waals surface area (Å²) in [6, 6.07) is 2.26. The van der Waals surface area contributed by atoms with Crippen molar-refractivity contribution in [1.29, 1.82) is 0 Å². The molecule has 28 heavy (non-hydrogen) atoms. The highest BCUT2D eigenvalue weighted by atomic mass is 15.4. The van der Waals surface area contributed by atoms with Crippen LogP contribution < -0.4 is 16.5 Å². The molecule has 0 aromatic carbocycles. The monoisotopic (exact) mass is 392 g/mol. The maximum atomic E-state index is 6.27. The lowest BCUT2D eigenvalue weighted by molar-refractivity contribution is 0.171. The van der Waals surface area contributed by atoms with Gasteiger partial charge in [-0.1, -0.05) is 0 Å². The predicted molar refractivity (Wildman–Crippen MR) is 114 cm³/mol. The van der Waals surface area contributed by atoms with Crippen LogP contribution in [0.4, 0.5) is 0 Å². The van der Waals surface area contributed by atoms with Crippen molar-refractivity contribution in [2.45, 2.75) is 77.5 Å². The Labute approximate surface area is 170 Å². The van der Waals surface area contributed by atoms with Gasteiger partial charge in [0.1, 0.15) is 0 Å². The average molecular weight is 393 g/mol. The van der Waals surface area contributed by atoms with E-state index in [0.29, 0.717) is 24.2 Å². The summed E-state index contributed by atoms with van der Waals surface area (Å²) in [7, 11) is 0. The lowest BCUT2D eigenvalue weighted by Gasteiger charge is -2.36. The molecule has 0 spiro atoms. The van der Waals surface area contributed by atoms with Crippen LogP contribution in [0.5, 0.6) is 0 Å². The molecule has 0 bridgehead atoms. The number of aryl methyl sites for hydroxylation is 2. The molecule has 2 fully saturated rings. The SMILES string of the molecule is C[C@@H]1CN(CCCc2nnc(CCCN3C[C@@H](C)N[C@@H](C)C3)n2N)C[C@H](C)N1. The second kappa shape index (κ2) is 10.0. The first-order valence-corrected chi connectivity index (χ1v) is 11.1. The van der Waals surface area contributed by atoms with Gasteiger partial charge >= 0.3 is 0 Å². The van der Waals surface area contributed by atoms with Crippen molar-refractivity contribution in [2.24, 2.45) is 0 Å². The summed E-state index contributed by atoms with van der Waals surface area (Å²) in [6.45, 7) is 15.7. The van der Waals surface area contributed by atoms with E-state index < -0.39 is 0 Å². The molecule has 3 rings (SSSR count). The first-order chi connectivity index (χ1) is 13.4. The first-order valence-electron chi connectivity index (χ1n) is 11.1. The summed E-state index contributed by atoms with van der Waals surface area (Å²) in [5, 5.41) is 15.9. The minimum Gasteiger partial charge on any atom is -0.336 e. The predicted octanol–water partition coefficient (Wildman–Crippen LogP) is 0.222. The second-order valence-electron chi connectivity index (χ2n) is 9.07. The highest BCUT2D eigenvalue weighted by molar-refractivity contribution is 4.97. The first kappa shape index (κ1) is 21.5. The Hall–Kier alpha value is -1.22. The van der Waals surface area contributed by atoms with E-state index in [4.69, 9.17) is 5.84 Å². The van der Waals surface area contributed by atoms with Crippen molar-refractivity contribution in [3.8, 4) is 0 Å². The molecule has 4 N–H and O–H groups in total. The Balaban J connectivity index is 1.38. The Morgan fingerprint density at radius 3 is 1.46 bits per heavy atom. The van der Waals surface area contributed by atoms with Crippen molar-refractivity contribution >= 4 is 0 Å². The van der Waals surface area contributed by atoms with E-state index >= 15 is 0 Å². The van der Waals surface area contributed by atoms with Crippen LogP contribution in [0.3, 0.4) is 0 Å². The topological polar surface area (TPSA) is 87.3 Å². The number of rotatable bonds is 8. The summed E-state index contributed by atoms with van der Waals surface area (Å²) in [6.07, 6.45) is 3.93. The van der Waals surface area contributed by atoms with Crippen molar-refractivity contribution < 1.29 is 0 Å². The van der Waals surface area contributed by atoms with E-state index in [9.17, 15) is 0 Å². The molecule has 2 saturated heterocycles. The molecule has 0 unspecified atom stereocenters. The van der Waals surface area contributed by atoms with Crippen LogP contribution in [0, 0.1) is 0 Å². The molecule has 1 aromatic heterocycles. The molecule has 4 atom stereocenters. The Bertz CT molecular complexity index is 534. The smallest absolute Gasteiger partial charge is 0.151 e. The Morgan fingerprint density at radius 1 is 0.750 bits per heavy atom. The number of hydrogen-bond acceptors (Lipinski definition) is 7. The molecule has 0 radical (unpaired) electrons. The quantitative estimate of drug-likeness (QED) is 0.546. The third-order valence-electron chi connectivity index (χ3n) is 5.85. The average Bonchev–Trinajstić information content (AvgIpc) is 2.94. The molecule has 0 saturated carbocycles. The molecular weight excluding hydrogens is 352 g/mol. The van der Waals surface area contributed by atoms with Crippen LogP contribution in [0.25, 0.3) is 0 Å². The van der Waals surface area contributed by atoms with Gasteiger partial charge in [-0.15, -0.1) is 10.2 Å². The third-order valence-corrected chi connectivity index (χ3v) is 5.85. The molecule has 8 nitrogen and oxygen atoms in total. The standard InChI is InChI=1S/C20H40N8/c1-15-11-26(12-16(2)22-15)9-5-7-19-24-25-20(28(19)21)8-6-10-27-13-17(3)23-18(4)14-27/h15-18,22-23H,5-14,21H2,1-4H3/t15-,16+,17-,18+. The van der Waals surface area contributed by atoms with Crippen LogP contribution in [0.1, 0.15) is 52.2 Å². The summed E-state index contributed by atoms with van der Waals surface area (Å²) < 4.78 is 1.73. The number of nitrogens with two attached hydrogens (primary N) is 1. The molecule has 2 aliphatic heterocycles. The zero-order valence-electron chi connectivity index (χ0n) is 18.2. The molecule has 3 heterocycles. The van der Waals surface area contributed by atoms with Crippen LogP contribution in [-0.2, 0) is 12.8 Å². The van der Waals surface area contributed by atoms with Crippen molar-refractivity contribution in [2.75, 3.05) is 45.1 Å². The van der Waals surface area contributed by atoms with Crippen LogP contribution in [0.2, 0.25) is 0 Å². The number of nitrogen functional groups attached to an aromatic ring is 1. The fourth-order valence-corrected chi connectivity index (χ4v) is 4.87. The van der Waals surface area contributed by atoms with E-state index in [1.54, 1.807) is 4.68 Å². The summed E-state index contributed by atoms with van der Waals surface area (Å²) in [5.41, 5.74) is 0. The number of piperazine rings is 2. The normalized spacial score (nSPS) is 30.0. The van der Waals surface area contributed by atoms with Crippen LogP contribution in [-0.4, -0.2) is 88.1 Å². The second-order valence-corrected chi connectivity index (χ2v) is 9.07. The van der Waals surface area contributed by atoms with Gasteiger partial charge in [0.25, 0.3) is 0 Å². The van der Waals surface area contributed by atoms with Crippen molar-refractivity contribution in [3.63, 3.8) is 0 Å². The number of aromatic nitrogens is 3. The van der Waals surface area contributed by atoms with Crippen LogP contribution >= 0.6 is 0 Å². The maximum Gasteiger partial charge on any atom is 0.151 e. The summed E-state index contributed by atoms with van der Waals surface area (Å²) >= 11 is 0. The minimum absolute atomic E-state index is 0.565. The van der Waals surface area contributed by atoms with Gasteiger partial charge < -0.3 is 26.3 Å². The molecule has 2 aliphatic rings. The fourth-order valence-electron chi connectivity index (χ4n) is 4.87.